The van der Waals surface area contributed by atoms with Crippen molar-refractivity contribution in [3.63, 3.8) is 0 Å². The Labute approximate surface area is 134 Å². The van der Waals surface area contributed by atoms with Gasteiger partial charge in [-0.15, -0.1) is 0 Å². The Morgan fingerprint density at radius 3 is 2.48 bits per heavy atom. The number of benzene rings is 2. The first-order valence-electron chi connectivity index (χ1n) is 7.39. The molecule has 1 atom stereocenters. The molecule has 0 saturated heterocycles. The highest BCUT2D eigenvalue weighted by molar-refractivity contribution is 5.77. The fourth-order valence-corrected chi connectivity index (χ4v) is 2.99. The van der Waals surface area contributed by atoms with Crippen LogP contribution in [0.3, 0.4) is 0 Å². The van der Waals surface area contributed by atoms with Crippen LogP contribution in [0.25, 0.3) is 0 Å². The highest BCUT2D eigenvalue weighted by atomic mass is 16.6. The Bertz CT molecular complexity index is 724. The van der Waals surface area contributed by atoms with Gasteiger partial charge in [0.15, 0.2) is 11.5 Å². The largest absolute Gasteiger partial charge is 0.504 e. The van der Waals surface area contributed by atoms with Crippen molar-refractivity contribution in [1.82, 2.24) is 0 Å². The number of fused-ring (bicyclic) bond motifs is 1. The molecule has 1 unspecified atom stereocenters. The summed E-state index contributed by atoms with van der Waals surface area (Å²) in [6.45, 7) is 0. The average molecular weight is 314 g/mol. The van der Waals surface area contributed by atoms with E-state index in [1.165, 1.54) is 14.2 Å². The third-order valence-electron chi connectivity index (χ3n) is 4.04. The topological polar surface area (TPSA) is 65.0 Å². The van der Waals surface area contributed by atoms with E-state index in [0.29, 0.717) is 18.6 Å². The van der Waals surface area contributed by atoms with Gasteiger partial charge in [0.2, 0.25) is 11.5 Å². The normalized spacial score (nSPS) is 17.0. The lowest BCUT2D eigenvalue weighted by Gasteiger charge is -2.20. The Balaban J connectivity index is 2.23. The van der Waals surface area contributed by atoms with Gasteiger partial charge in [-0.2, -0.15) is 0 Å². The van der Waals surface area contributed by atoms with Crippen LogP contribution in [0.1, 0.15) is 29.9 Å². The lowest BCUT2D eigenvalue weighted by Crippen LogP contribution is -2.07. The van der Waals surface area contributed by atoms with E-state index < -0.39 is 0 Å². The van der Waals surface area contributed by atoms with Crippen molar-refractivity contribution >= 4 is 5.97 Å². The van der Waals surface area contributed by atoms with Crippen molar-refractivity contribution in [3.05, 3.63) is 47.5 Å². The molecule has 0 spiro atoms. The molecule has 0 aromatic heterocycles. The monoisotopic (exact) mass is 314 g/mol. The van der Waals surface area contributed by atoms with E-state index in [1.54, 1.807) is 6.07 Å². The van der Waals surface area contributed by atoms with Crippen molar-refractivity contribution in [2.24, 2.45) is 0 Å². The summed E-state index contributed by atoms with van der Waals surface area (Å²) in [6.07, 6.45) is 0.894. The summed E-state index contributed by atoms with van der Waals surface area (Å²) < 4.78 is 16.0. The van der Waals surface area contributed by atoms with Crippen LogP contribution in [0.4, 0.5) is 0 Å². The van der Waals surface area contributed by atoms with Crippen molar-refractivity contribution in [1.29, 1.82) is 0 Å². The van der Waals surface area contributed by atoms with Crippen molar-refractivity contribution in [2.75, 3.05) is 14.2 Å². The van der Waals surface area contributed by atoms with E-state index in [2.05, 4.69) is 0 Å². The van der Waals surface area contributed by atoms with Crippen molar-refractivity contribution < 1.29 is 24.1 Å². The van der Waals surface area contributed by atoms with Gasteiger partial charge in [0.05, 0.1) is 14.2 Å². The molecule has 0 aliphatic carbocycles. The Kier molecular flexibility index (Phi) is 4.10. The summed E-state index contributed by atoms with van der Waals surface area (Å²) in [7, 11) is 2.88. The zero-order valence-corrected chi connectivity index (χ0v) is 13.0. The van der Waals surface area contributed by atoms with Gasteiger partial charge in [0.1, 0.15) is 0 Å². The Morgan fingerprint density at radius 1 is 1.13 bits per heavy atom. The van der Waals surface area contributed by atoms with E-state index in [4.69, 9.17) is 14.2 Å². The molecule has 0 fully saturated rings. The summed E-state index contributed by atoms with van der Waals surface area (Å²) in [5.41, 5.74) is 1.77. The number of phenols is 1. The fourth-order valence-electron chi connectivity index (χ4n) is 2.99. The van der Waals surface area contributed by atoms with Crippen LogP contribution in [-0.2, 0) is 4.79 Å². The molecule has 0 saturated carbocycles. The zero-order valence-electron chi connectivity index (χ0n) is 13.0. The number of carbonyl (C=O) groups is 1. The van der Waals surface area contributed by atoms with Gasteiger partial charge in [-0.3, -0.25) is 4.79 Å². The zero-order chi connectivity index (χ0) is 16.4. The molecule has 2 aromatic rings. The second-order valence-corrected chi connectivity index (χ2v) is 5.36. The van der Waals surface area contributed by atoms with E-state index in [0.717, 1.165) is 11.1 Å². The highest BCUT2D eigenvalue weighted by Gasteiger charge is 2.31. The highest BCUT2D eigenvalue weighted by Crippen LogP contribution is 2.51. The first kappa shape index (κ1) is 15.2. The van der Waals surface area contributed by atoms with Crippen LogP contribution < -0.4 is 14.2 Å². The number of ether oxygens (including phenoxy) is 3. The molecule has 5 heteroatoms. The predicted molar refractivity (Wildman–Crippen MR) is 84.4 cm³/mol. The van der Waals surface area contributed by atoms with Gasteiger partial charge >= 0.3 is 5.97 Å². The van der Waals surface area contributed by atoms with E-state index >= 15 is 0 Å². The molecule has 3 rings (SSSR count). The maximum absolute atomic E-state index is 12.0. The summed E-state index contributed by atoms with van der Waals surface area (Å²) in [6, 6.07) is 11.4. The number of carbonyl (C=O) groups excluding carboxylic acids is 1. The van der Waals surface area contributed by atoms with Crippen LogP contribution in [0.5, 0.6) is 23.0 Å². The summed E-state index contributed by atoms with van der Waals surface area (Å²) >= 11 is 0. The van der Waals surface area contributed by atoms with Crippen LogP contribution in [0.2, 0.25) is 0 Å². The maximum atomic E-state index is 12.0. The molecule has 0 amide bonds. The maximum Gasteiger partial charge on any atom is 0.311 e. The SMILES string of the molecule is COc1c(O)cc2c(c1OC)OC(=O)CCC2c1ccccc1. The van der Waals surface area contributed by atoms with Crippen LogP contribution >= 0.6 is 0 Å². The standard InChI is InChI=1S/C18H18O5/c1-21-17-14(19)10-13-12(11-6-4-3-5-7-11)8-9-15(20)23-16(13)18(17)22-2/h3-7,10,12,19H,8-9H2,1-2H3. The lowest BCUT2D eigenvalue weighted by atomic mass is 9.87. The lowest BCUT2D eigenvalue weighted by molar-refractivity contribution is -0.134. The molecule has 5 nitrogen and oxygen atoms in total. The summed E-state index contributed by atoms with van der Waals surface area (Å²) in [5.74, 6) is 0.283. The molecular formula is C18H18O5. The Hall–Kier alpha value is -2.69. The minimum atomic E-state index is -0.323. The van der Waals surface area contributed by atoms with Crippen LogP contribution in [0.15, 0.2) is 36.4 Å². The molecule has 0 bridgehead atoms. The molecule has 120 valence electrons. The summed E-state index contributed by atoms with van der Waals surface area (Å²) in [5, 5.41) is 10.3. The molecule has 1 aliphatic rings. The summed E-state index contributed by atoms with van der Waals surface area (Å²) in [4.78, 5) is 12.0. The van der Waals surface area contributed by atoms with Crippen LogP contribution in [-0.4, -0.2) is 25.3 Å². The number of phenolic OH excluding ortho intramolecular Hbond substituents is 1. The third kappa shape index (κ3) is 2.70. The number of hydrogen-bond donors (Lipinski definition) is 1. The molecule has 0 radical (unpaired) electrons. The molecule has 23 heavy (non-hydrogen) atoms. The van der Waals surface area contributed by atoms with Gasteiger partial charge in [0, 0.05) is 17.9 Å². The first-order chi connectivity index (χ1) is 11.2. The fraction of sp³-hybridized carbons (Fsp3) is 0.278. The van der Waals surface area contributed by atoms with Crippen LogP contribution in [0, 0.1) is 0 Å². The van der Waals surface area contributed by atoms with Gasteiger partial charge < -0.3 is 19.3 Å². The quantitative estimate of drug-likeness (QED) is 0.696. The second kappa shape index (κ2) is 6.20. The molecule has 1 N–H and O–H groups in total. The van der Waals surface area contributed by atoms with Gasteiger partial charge in [-0.05, 0) is 18.1 Å². The van der Waals surface area contributed by atoms with Crippen molar-refractivity contribution in [2.45, 2.75) is 18.8 Å². The van der Waals surface area contributed by atoms with E-state index in [9.17, 15) is 9.90 Å². The molecule has 1 heterocycles. The number of esters is 1. The number of hydrogen-bond acceptors (Lipinski definition) is 5. The number of rotatable bonds is 3. The van der Waals surface area contributed by atoms with Gasteiger partial charge in [0.25, 0.3) is 0 Å². The van der Waals surface area contributed by atoms with E-state index in [1.807, 2.05) is 30.3 Å². The minimum absolute atomic E-state index is 0.0398. The average Bonchev–Trinajstić information content (AvgIpc) is 2.73. The number of aromatic hydroxyl groups is 1. The van der Waals surface area contributed by atoms with E-state index in [-0.39, 0.29) is 29.1 Å². The molecule has 1 aliphatic heterocycles. The first-order valence-corrected chi connectivity index (χ1v) is 7.39. The predicted octanol–water partition coefficient (Wildman–Crippen LogP) is 3.24. The van der Waals surface area contributed by atoms with Gasteiger partial charge in [-0.1, -0.05) is 30.3 Å². The van der Waals surface area contributed by atoms with Gasteiger partial charge in [-0.25, -0.2) is 0 Å². The van der Waals surface area contributed by atoms with Crippen molar-refractivity contribution in [3.8, 4) is 23.0 Å². The second-order valence-electron chi connectivity index (χ2n) is 5.36. The molecule has 2 aromatic carbocycles. The molecular weight excluding hydrogens is 296 g/mol. The Morgan fingerprint density at radius 2 is 1.83 bits per heavy atom. The third-order valence-corrected chi connectivity index (χ3v) is 4.04. The number of methoxy groups -OCH3 is 2. The smallest absolute Gasteiger partial charge is 0.311 e. The minimum Gasteiger partial charge on any atom is -0.504 e.